The number of hydrogen-bond acceptors (Lipinski definition) is 7. The van der Waals surface area contributed by atoms with Gasteiger partial charge < -0.3 is 19.7 Å². The summed E-state index contributed by atoms with van der Waals surface area (Å²) < 4.78 is 11.9. The monoisotopic (exact) mass is 489 g/mol. The zero-order valence-corrected chi connectivity index (χ0v) is 21.0. The molecule has 0 saturated carbocycles. The Kier molecular flexibility index (Phi) is 6.39. The lowest BCUT2D eigenvalue weighted by molar-refractivity contribution is -0.127. The summed E-state index contributed by atoms with van der Waals surface area (Å²) in [7, 11) is 0. The zero-order chi connectivity index (χ0) is 24.6. The largest absolute Gasteiger partial charge is 0.485 e. The molecule has 6 rings (SSSR count). The van der Waals surface area contributed by atoms with Crippen LogP contribution in [0.25, 0.3) is 0 Å². The lowest BCUT2D eigenvalue weighted by atomic mass is 9.89. The second kappa shape index (κ2) is 9.82. The average Bonchev–Trinajstić information content (AvgIpc) is 3.08. The summed E-state index contributed by atoms with van der Waals surface area (Å²) in [5.41, 5.74) is 5.47. The third kappa shape index (κ3) is 4.37. The van der Waals surface area contributed by atoms with Crippen LogP contribution >= 0.6 is 0 Å². The minimum Gasteiger partial charge on any atom is -0.485 e. The number of hydrogen-bond donors (Lipinski definition) is 1. The highest BCUT2D eigenvalue weighted by Gasteiger charge is 2.37. The van der Waals surface area contributed by atoms with Crippen LogP contribution in [0.3, 0.4) is 0 Å². The topological polar surface area (TPSA) is 79.8 Å². The maximum absolute atomic E-state index is 11.9. The van der Waals surface area contributed by atoms with Crippen LogP contribution in [0.5, 0.6) is 5.75 Å². The lowest BCUT2D eigenvalue weighted by Gasteiger charge is -2.47. The normalized spacial score (nSPS) is 21.4. The minimum atomic E-state index is 0.0465. The number of likely N-dealkylation sites (tertiary alicyclic amines) is 2. The van der Waals surface area contributed by atoms with Crippen LogP contribution in [0.4, 0.5) is 11.5 Å². The molecule has 2 aromatic rings. The summed E-state index contributed by atoms with van der Waals surface area (Å²) in [6.45, 7) is 11.4. The number of ether oxygens (including phenoxy) is 2. The predicted molar refractivity (Wildman–Crippen MR) is 138 cm³/mol. The highest BCUT2D eigenvalue weighted by atomic mass is 16.5. The number of aryl methyl sites for hydroxylation is 1. The molecule has 0 radical (unpaired) electrons. The number of carbonyl (C=O) groups is 1. The molecule has 4 aliphatic heterocycles. The smallest absolute Gasteiger partial charge is 0.245 e. The standard InChI is InChI=1S/C28H35N5O3/c1-3-26(34)32-10-5-21(6-11-32)33-15-20(16-33)24-14-25-27(18(2)30-24)36-17-23-22(4-9-29-28(23)31-25)19-7-12-35-13-8-19/h3-4,9,14,19-21H,1,5-8,10-13,15-17H2,2H3,(H,29,31). The van der Waals surface area contributed by atoms with E-state index in [9.17, 15) is 4.79 Å². The van der Waals surface area contributed by atoms with Crippen LogP contribution in [0.15, 0.2) is 31.0 Å². The zero-order valence-electron chi connectivity index (χ0n) is 21.0. The van der Waals surface area contributed by atoms with Gasteiger partial charge in [-0.1, -0.05) is 6.58 Å². The molecule has 0 bridgehead atoms. The second-order valence-electron chi connectivity index (χ2n) is 10.4. The summed E-state index contributed by atoms with van der Waals surface area (Å²) in [5.74, 6) is 2.66. The molecule has 190 valence electrons. The van der Waals surface area contributed by atoms with Crippen molar-refractivity contribution in [1.82, 2.24) is 19.8 Å². The van der Waals surface area contributed by atoms with Gasteiger partial charge in [0.2, 0.25) is 5.91 Å². The molecule has 0 aromatic carbocycles. The van der Waals surface area contributed by atoms with Crippen molar-refractivity contribution in [3.8, 4) is 5.75 Å². The van der Waals surface area contributed by atoms with Gasteiger partial charge in [0.05, 0.1) is 11.4 Å². The molecule has 1 N–H and O–H groups in total. The van der Waals surface area contributed by atoms with Gasteiger partial charge in [-0.3, -0.25) is 14.7 Å². The van der Waals surface area contributed by atoms with E-state index in [1.165, 1.54) is 11.6 Å². The van der Waals surface area contributed by atoms with Crippen molar-refractivity contribution in [3.63, 3.8) is 0 Å². The van der Waals surface area contributed by atoms with Crippen LogP contribution in [-0.4, -0.2) is 71.1 Å². The summed E-state index contributed by atoms with van der Waals surface area (Å²) in [4.78, 5) is 26.0. The van der Waals surface area contributed by atoms with Crippen LogP contribution < -0.4 is 10.1 Å². The van der Waals surface area contributed by atoms with E-state index in [-0.39, 0.29) is 5.91 Å². The van der Waals surface area contributed by atoms with Crippen molar-refractivity contribution in [2.75, 3.05) is 44.7 Å². The second-order valence-corrected chi connectivity index (χ2v) is 10.4. The highest BCUT2D eigenvalue weighted by Crippen LogP contribution is 2.41. The Morgan fingerprint density at radius 2 is 1.94 bits per heavy atom. The van der Waals surface area contributed by atoms with Crippen molar-refractivity contribution in [1.29, 1.82) is 0 Å². The van der Waals surface area contributed by atoms with E-state index >= 15 is 0 Å². The van der Waals surface area contributed by atoms with Gasteiger partial charge in [-0.25, -0.2) is 4.98 Å². The van der Waals surface area contributed by atoms with E-state index in [1.54, 1.807) is 0 Å². The first-order chi connectivity index (χ1) is 17.6. The van der Waals surface area contributed by atoms with E-state index in [0.29, 0.717) is 24.5 Å². The van der Waals surface area contributed by atoms with Crippen LogP contribution in [0.1, 0.15) is 60.0 Å². The number of pyridine rings is 2. The fraction of sp³-hybridized carbons (Fsp3) is 0.536. The van der Waals surface area contributed by atoms with Crippen LogP contribution in [0.2, 0.25) is 0 Å². The van der Waals surface area contributed by atoms with Crippen molar-refractivity contribution in [3.05, 3.63) is 53.5 Å². The molecule has 0 aliphatic carbocycles. The third-order valence-electron chi connectivity index (χ3n) is 8.32. The van der Waals surface area contributed by atoms with E-state index in [1.807, 2.05) is 18.0 Å². The Morgan fingerprint density at radius 1 is 1.17 bits per heavy atom. The Balaban J connectivity index is 1.15. The van der Waals surface area contributed by atoms with Crippen molar-refractivity contribution in [2.24, 2.45) is 0 Å². The number of anilines is 2. The molecule has 1 amide bonds. The maximum atomic E-state index is 11.9. The molecule has 0 atom stereocenters. The maximum Gasteiger partial charge on any atom is 0.245 e. The predicted octanol–water partition coefficient (Wildman–Crippen LogP) is 3.89. The number of piperidine rings is 1. The summed E-state index contributed by atoms with van der Waals surface area (Å²) in [6, 6.07) is 4.85. The number of fused-ring (bicyclic) bond motifs is 2. The van der Waals surface area contributed by atoms with Gasteiger partial charge >= 0.3 is 0 Å². The molecule has 3 saturated heterocycles. The SMILES string of the molecule is C=CC(=O)N1CCC(N2CC(c3cc4c(c(C)n3)OCc3c(C5CCOCC5)ccnc3N4)C2)CC1. The number of carbonyl (C=O) groups excluding carboxylic acids is 1. The Morgan fingerprint density at radius 3 is 2.69 bits per heavy atom. The van der Waals surface area contributed by atoms with Gasteiger partial charge in [-0.05, 0) is 62.3 Å². The Hall–Kier alpha value is -2.97. The molecular weight excluding hydrogens is 454 g/mol. The van der Waals surface area contributed by atoms with Gasteiger partial charge in [-0.2, -0.15) is 0 Å². The molecule has 0 spiro atoms. The third-order valence-corrected chi connectivity index (χ3v) is 8.32. The molecule has 8 nitrogen and oxygen atoms in total. The first-order valence-corrected chi connectivity index (χ1v) is 13.2. The van der Waals surface area contributed by atoms with E-state index in [2.05, 4.69) is 33.9 Å². The molecule has 36 heavy (non-hydrogen) atoms. The molecule has 4 aliphatic rings. The molecule has 8 heteroatoms. The molecule has 3 fully saturated rings. The quantitative estimate of drug-likeness (QED) is 0.653. The van der Waals surface area contributed by atoms with Gasteiger partial charge in [-0.15, -0.1) is 0 Å². The van der Waals surface area contributed by atoms with E-state index < -0.39 is 0 Å². The summed E-state index contributed by atoms with van der Waals surface area (Å²) in [5, 5.41) is 3.60. The van der Waals surface area contributed by atoms with E-state index in [4.69, 9.17) is 14.5 Å². The number of nitrogens with one attached hydrogen (secondary N) is 1. The summed E-state index contributed by atoms with van der Waals surface area (Å²) >= 11 is 0. The minimum absolute atomic E-state index is 0.0465. The molecule has 2 aromatic heterocycles. The van der Waals surface area contributed by atoms with Gasteiger partial charge in [0.15, 0.2) is 5.75 Å². The first kappa shape index (κ1) is 23.4. The highest BCUT2D eigenvalue weighted by molar-refractivity contribution is 5.87. The average molecular weight is 490 g/mol. The number of nitrogens with zero attached hydrogens (tertiary/aromatic N) is 4. The van der Waals surface area contributed by atoms with E-state index in [0.717, 1.165) is 99.3 Å². The van der Waals surface area contributed by atoms with Crippen molar-refractivity contribution in [2.45, 2.75) is 57.1 Å². The Bertz CT molecular complexity index is 1150. The first-order valence-electron chi connectivity index (χ1n) is 13.2. The molecular formula is C28H35N5O3. The lowest BCUT2D eigenvalue weighted by Crippen LogP contribution is -2.54. The van der Waals surface area contributed by atoms with Crippen LogP contribution in [0, 0.1) is 6.92 Å². The Labute approximate surface area is 212 Å². The van der Waals surface area contributed by atoms with Gasteiger partial charge in [0.25, 0.3) is 0 Å². The van der Waals surface area contributed by atoms with Gasteiger partial charge in [0.1, 0.15) is 12.4 Å². The van der Waals surface area contributed by atoms with Crippen LogP contribution in [-0.2, 0) is 16.1 Å². The number of amides is 1. The number of aromatic nitrogens is 2. The molecule has 6 heterocycles. The molecule has 0 unspecified atom stereocenters. The van der Waals surface area contributed by atoms with Gasteiger partial charge in [0, 0.05) is 68.8 Å². The number of rotatable bonds is 4. The van der Waals surface area contributed by atoms with Crippen molar-refractivity contribution >= 4 is 17.4 Å². The fourth-order valence-corrected chi connectivity index (χ4v) is 6.18. The fourth-order valence-electron chi connectivity index (χ4n) is 6.18. The summed E-state index contributed by atoms with van der Waals surface area (Å²) in [6.07, 6.45) is 7.45. The van der Waals surface area contributed by atoms with Crippen molar-refractivity contribution < 1.29 is 14.3 Å².